The van der Waals surface area contributed by atoms with Gasteiger partial charge in [0.2, 0.25) is 0 Å². The van der Waals surface area contributed by atoms with Crippen LogP contribution in [0.1, 0.15) is 24.8 Å². The summed E-state index contributed by atoms with van der Waals surface area (Å²) in [6.07, 6.45) is -3.55. The first kappa shape index (κ1) is 14.0. The number of hydrogen-bond acceptors (Lipinski definition) is 2. The van der Waals surface area contributed by atoms with Gasteiger partial charge in [-0.1, -0.05) is 30.3 Å². The first-order valence-electron chi connectivity index (χ1n) is 5.58. The molecule has 1 unspecified atom stereocenters. The zero-order valence-electron chi connectivity index (χ0n) is 9.50. The van der Waals surface area contributed by atoms with E-state index in [1.165, 1.54) is 0 Å². The van der Waals surface area contributed by atoms with Crippen LogP contribution >= 0.6 is 0 Å². The van der Waals surface area contributed by atoms with Gasteiger partial charge in [0, 0.05) is 12.5 Å². The fourth-order valence-electron chi connectivity index (χ4n) is 1.63. The van der Waals surface area contributed by atoms with Crippen LogP contribution in [0.3, 0.4) is 0 Å². The summed E-state index contributed by atoms with van der Waals surface area (Å²) in [7, 11) is 0. The second kappa shape index (κ2) is 6.61. The second-order valence-corrected chi connectivity index (χ2v) is 4.04. The third-order valence-corrected chi connectivity index (χ3v) is 2.64. The van der Waals surface area contributed by atoms with Crippen LogP contribution in [0.4, 0.5) is 13.2 Å². The van der Waals surface area contributed by atoms with Gasteiger partial charge in [-0.05, 0) is 24.8 Å². The predicted molar refractivity (Wildman–Crippen MR) is 61.2 cm³/mol. The van der Waals surface area contributed by atoms with Gasteiger partial charge in [-0.2, -0.15) is 13.2 Å². The fourth-order valence-corrected chi connectivity index (χ4v) is 1.63. The molecule has 0 aromatic heterocycles. The smallest absolute Gasteiger partial charge is 0.271 e. The third-order valence-electron chi connectivity index (χ3n) is 2.64. The number of aryl methyl sites for hydroxylation is 1. The second-order valence-electron chi connectivity index (χ2n) is 4.04. The minimum Gasteiger partial charge on any atom is -0.271 e. The van der Waals surface area contributed by atoms with Crippen LogP contribution in [0, 0.1) is 0 Å². The molecule has 0 spiro atoms. The minimum absolute atomic E-state index is 0.0207. The number of alkyl halides is 3. The van der Waals surface area contributed by atoms with Gasteiger partial charge in [0.25, 0.3) is 0 Å². The maximum Gasteiger partial charge on any atom is 0.389 e. The quantitative estimate of drug-likeness (QED) is 0.598. The normalized spacial score (nSPS) is 13.6. The number of hydrazine groups is 1. The Hall–Kier alpha value is -1.07. The first-order chi connectivity index (χ1) is 8.01. The Morgan fingerprint density at radius 1 is 1.12 bits per heavy atom. The third kappa shape index (κ3) is 6.28. The van der Waals surface area contributed by atoms with Crippen LogP contribution < -0.4 is 11.3 Å². The molecule has 1 rings (SSSR count). The average molecular weight is 246 g/mol. The van der Waals surface area contributed by atoms with Crippen molar-refractivity contribution in [2.24, 2.45) is 5.84 Å². The van der Waals surface area contributed by atoms with Crippen LogP contribution in [0.15, 0.2) is 30.3 Å². The molecule has 0 aliphatic heterocycles. The molecule has 3 N–H and O–H groups in total. The van der Waals surface area contributed by atoms with Gasteiger partial charge in [0.05, 0.1) is 0 Å². The first-order valence-corrected chi connectivity index (χ1v) is 5.58. The molecule has 0 radical (unpaired) electrons. The molecule has 0 saturated heterocycles. The highest BCUT2D eigenvalue weighted by Gasteiger charge is 2.27. The van der Waals surface area contributed by atoms with E-state index in [0.717, 1.165) is 12.0 Å². The zero-order valence-corrected chi connectivity index (χ0v) is 9.50. The number of hydrogen-bond donors (Lipinski definition) is 2. The number of rotatable bonds is 6. The van der Waals surface area contributed by atoms with E-state index in [1.807, 2.05) is 30.3 Å². The van der Waals surface area contributed by atoms with Gasteiger partial charge in [-0.25, -0.2) is 0 Å². The highest BCUT2D eigenvalue weighted by molar-refractivity contribution is 5.14. The van der Waals surface area contributed by atoms with E-state index in [-0.39, 0.29) is 12.5 Å². The molecule has 1 aromatic carbocycles. The van der Waals surface area contributed by atoms with Crippen LogP contribution in [-0.4, -0.2) is 12.2 Å². The maximum absolute atomic E-state index is 12.0. The lowest BCUT2D eigenvalue weighted by Gasteiger charge is -2.16. The van der Waals surface area contributed by atoms with E-state index < -0.39 is 12.6 Å². The predicted octanol–water partition coefficient (Wildman–Crippen LogP) is 2.79. The van der Waals surface area contributed by atoms with E-state index in [9.17, 15) is 13.2 Å². The zero-order chi connectivity index (χ0) is 12.7. The highest BCUT2D eigenvalue weighted by atomic mass is 19.4. The average Bonchev–Trinajstić information content (AvgIpc) is 2.29. The van der Waals surface area contributed by atoms with E-state index in [2.05, 4.69) is 5.43 Å². The Morgan fingerprint density at radius 3 is 2.29 bits per heavy atom. The van der Waals surface area contributed by atoms with Crippen molar-refractivity contribution in [1.29, 1.82) is 0 Å². The molecule has 0 bridgehead atoms. The largest absolute Gasteiger partial charge is 0.389 e. The van der Waals surface area contributed by atoms with Crippen molar-refractivity contribution in [1.82, 2.24) is 5.43 Å². The van der Waals surface area contributed by atoms with Crippen molar-refractivity contribution in [3.63, 3.8) is 0 Å². The molecule has 0 heterocycles. The minimum atomic E-state index is -4.11. The SMILES string of the molecule is NNC(CCc1ccccc1)CCC(F)(F)F. The monoisotopic (exact) mass is 246 g/mol. The molecule has 1 atom stereocenters. The molecular weight excluding hydrogens is 229 g/mol. The summed E-state index contributed by atoms with van der Waals surface area (Å²) in [6, 6.07) is 9.35. The van der Waals surface area contributed by atoms with Gasteiger partial charge < -0.3 is 0 Å². The summed E-state index contributed by atoms with van der Waals surface area (Å²) in [6.45, 7) is 0. The van der Waals surface area contributed by atoms with Crippen LogP contribution in [0.25, 0.3) is 0 Å². The topological polar surface area (TPSA) is 38.0 Å². The van der Waals surface area contributed by atoms with Crippen molar-refractivity contribution >= 4 is 0 Å². The standard InChI is InChI=1S/C12H17F3N2/c13-12(14,15)9-8-11(17-16)7-6-10-4-2-1-3-5-10/h1-5,11,17H,6-9,16H2. The maximum atomic E-state index is 12.0. The van der Waals surface area contributed by atoms with Gasteiger partial charge in [0.1, 0.15) is 0 Å². The summed E-state index contributed by atoms with van der Waals surface area (Å²) >= 11 is 0. The molecule has 0 amide bonds. The van der Waals surface area contributed by atoms with Crippen molar-refractivity contribution in [2.75, 3.05) is 0 Å². The van der Waals surface area contributed by atoms with E-state index >= 15 is 0 Å². The molecular formula is C12H17F3N2. The fraction of sp³-hybridized carbons (Fsp3) is 0.500. The lowest BCUT2D eigenvalue weighted by Crippen LogP contribution is -2.36. The van der Waals surface area contributed by atoms with Crippen LogP contribution in [-0.2, 0) is 6.42 Å². The lowest BCUT2D eigenvalue weighted by atomic mass is 10.0. The molecule has 96 valence electrons. The summed E-state index contributed by atoms with van der Waals surface area (Å²) in [5.74, 6) is 5.25. The van der Waals surface area contributed by atoms with E-state index in [1.54, 1.807) is 0 Å². The molecule has 0 aliphatic rings. The van der Waals surface area contributed by atoms with Crippen molar-refractivity contribution < 1.29 is 13.2 Å². The lowest BCUT2D eigenvalue weighted by molar-refractivity contribution is -0.136. The number of benzene rings is 1. The Kier molecular flexibility index (Phi) is 5.44. The molecule has 0 saturated carbocycles. The van der Waals surface area contributed by atoms with Crippen LogP contribution in [0.2, 0.25) is 0 Å². The molecule has 1 aromatic rings. The van der Waals surface area contributed by atoms with Gasteiger partial charge in [0.15, 0.2) is 0 Å². The molecule has 0 fully saturated rings. The van der Waals surface area contributed by atoms with E-state index in [4.69, 9.17) is 5.84 Å². The highest BCUT2D eigenvalue weighted by Crippen LogP contribution is 2.23. The molecule has 0 aliphatic carbocycles. The Bertz CT molecular complexity index is 311. The summed E-state index contributed by atoms with van der Waals surface area (Å²) in [4.78, 5) is 0. The Labute approximate surface area is 99.0 Å². The van der Waals surface area contributed by atoms with Crippen molar-refractivity contribution in [2.45, 2.75) is 37.9 Å². The summed E-state index contributed by atoms with van der Waals surface area (Å²) < 4.78 is 36.1. The Morgan fingerprint density at radius 2 is 1.76 bits per heavy atom. The van der Waals surface area contributed by atoms with Gasteiger partial charge >= 0.3 is 6.18 Å². The number of nitrogens with one attached hydrogen (secondary N) is 1. The van der Waals surface area contributed by atoms with Crippen molar-refractivity contribution in [3.05, 3.63) is 35.9 Å². The Balaban J connectivity index is 2.33. The van der Waals surface area contributed by atoms with Gasteiger partial charge in [-0.15, -0.1) is 0 Å². The summed E-state index contributed by atoms with van der Waals surface area (Å²) in [5.41, 5.74) is 3.56. The van der Waals surface area contributed by atoms with Crippen molar-refractivity contribution in [3.8, 4) is 0 Å². The number of nitrogens with two attached hydrogens (primary N) is 1. The molecule has 2 nitrogen and oxygen atoms in total. The molecule has 17 heavy (non-hydrogen) atoms. The van der Waals surface area contributed by atoms with Crippen LogP contribution in [0.5, 0.6) is 0 Å². The molecule has 5 heteroatoms. The van der Waals surface area contributed by atoms with E-state index in [0.29, 0.717) is 6.42 Å². The summed E-state index contributed by atoms with van der Waals surface area (Å²) in [5, 5.41) is 0. The number of halogens is 3. The van der Waals surface area contributed by atoms with Gasteiger partial charge in [-0.3, -0.25) is 11.3 Å².